The van der Waals surface area contributed by atoms with Crippen LogP contribution in [0.3, 0.4) is 0 Å². The van der Waals surface area contributed by atoms with Crippen LogP contribution >= 0.6 is 0 Å². The molecular formula is C12H18O. The molecule has 0 fully saturated rings. The number of ketones is 1. The van der Waals surface area contributed by atoms with Crippen LogP contribution in [0, 0.1) is 0 Å². The predicted octanol–water partition coefficient (Wildman–Crippen LogP) is 3.43. The maximum Gasteiger partial charge on any atom is 0.152 e. The molecule has 0 amide bonds. The summed E-state index contributed by atoms with van der Waals surface area (Å²) in [5, 5.41) is 0. The topological polar surface area (TPSA) is 17.1 Å². The van der Waals surface area contributed by atoms with E-state index in [9.17, 15) is 4.79 Å². The van der Waals surface area contributed by atoms with Crippen LogP contribution in [0.1, 0.15) is 34.1 Å². The van der Waals surface area contributed by atoms with Crippen molar-refractivity contribution in [3.05, 3.63) is 35.5 Å². The quantitative estimate of drug-likeness (QED) is 0.366. The average molecular weight is 178 g/mol. The highest BCUT2D eigenvalue weighted by Crippen LogP contribution is 2.03. The number of hydrogen-bond donors (Lipinski definition) is 0. The molecule has 0 aromatic carbocycles. The van der Waals surface area contributed by atoms with E-state index in [2.05, 4.69) is 26.8 Å². The molecule has 0 radical (unpaired) electrons. The molecule has 0 saturated heterocycles. The van der Waals surface area contributed by atoms with E-state index in [-0.39, 0.29) is 5.78 Å². The summed E-state index contributed by atoms with van der Waals surface area (Å²) in [7, 11) is 0. The van der Waals surface area contributed by atoms with Gasteiger partial charge in [0.05, 0.1) is 0 Å². The van der Waals surface area contributed by atoms with Gasteiger partial charge in [0.15, 0.2) is 5.78 Å². The standard InChI is InChI=1S/C12H18O/c1-10(2)8-9-11(3)6-5-7-12(4)13/h5-8H,9H2,1-4H3. The monoisotopic (exact) mass is 178 g/mol. The molecule has 0 heterocycles. The molecule has 0 rings (SSSR count). The summed E-state index contributed by atoms with van der Waals surface area (Å²) in [5.41, 5.74) is 2.59. The molecule has 0 aromatic rings. The normalized spacial score (nSPS) is 11.8. The molecule has 0 saturated carbocycles. The largest absolute Gasteiger partial charge is 0.295 e. The molecule has 0 bridgehead atoms. The zero-order valence-electron chi connectivity index (χ0n) is 8.92. The molecule has 1 nitrogen and oxygen atoms in total. The first kappa shape index (κ1) is 11.9. The smallest absolute Gasteiger partial charge is 0.152 e. The fourth-order valence-corrected chi connectivity index (χ4v) is 0.781. The summed E-state index contributed by atoms with van der Waals surface area (Å²) < 4.78 is 0. The SMILES string of the molecule is CC(=O)C=CC=C(C)CC=C(C)C. The Morgan fingerprint density at radius 2 is 1.77 bits per heavy atom. The van der Waals surface area contributed by atoms with Crippen molar-refractivity contribution in [3.63, 3.8) is 0 Å². The predicted molar refractivity (Wildman–Crippen MR) is 57.6 cm³/mol. The first-order chi connectivity index (χ1) is 6.02. The van der Waals surface area contributed by atoms with Crippen LogP contribution in [0.15, 0.2) is 35.5 Å². The van der Waals surface area contributed by atoms with E-state index in [1.165, 1.54) is 11.1 Å². The Morgan fingerprint density at radius 1 is 1.15 bits per heavy atom. The van der Waals surface area contributed by atoms with Gasteiger partial charge in [-0.2, -0.15) is 0 Å². The van der Waals surface area contributed by atoms with Gasteiger partial charge in [-0.25, -0.2) is 0 Å². The van der Waals surface area contributed by atoms with Crippen molar-refractivity contribution in [2.75, 3.05) is 0 Å². The van der Waals surface area contributed by atoms with Gasteiger partial charge in [0.25, 0.3) is 0 Å². The first-order valence-electron chi connectivity index (χ1n) is 4.50. The van der Waals surface area contributed by atoms with Crippen LogP contribution in [-0.2, 0) is 4.79 Å². The van der Waals surface area contributed by atoms with Crippen molar-refractivity contribution >= 4 is 5.78 Å². The second kappa shape index (κ2) is 6.41. The van der Waals surface area contributed by atoms with Crippen LogP contribution in [0.4, 0.5) is 0 Å². The number of allylic oxidation sites excluding steroid dienone is 6. The van der Waals surface area contributed by atoms with E-state index in [4.69, 9.17) is 0 Å². The van der Waals surface area contributed by atoms with Gasteiger partial charge in [-0.1, -0.05) is 29.4 Å². The van der Waals surface area contributed by atoms with E-state index < -0.39 is 0 Å². The number of carbonyl (C=O) groups excluding carboxylic acids is 1. The Morgan fingerprint density at radius 3 is 2.23 bits per heavy atom. The molecule has 0 aromatic heterocycles. The fraction of sp³-hybridized carbons (Fsp3) is 0.417. The Bertz CT molecular complexity index is 250. The molecule has 0 aliphatic carbocycles. The van der Waals surface area contributed by atoms with E-state index in [0.29, 0.717) is 0 Å². The average Bonchev–Trinajstić information content (AvgIpc) is 2.00. The summed E-state index contributed by atoms with van der Waals surface area (Å²) in [6, 6.07) is 0. The third kappa shape index (κ3) is 8.80. The van der Waals surface area contributed by atoms with E-state index in [1.807, 2.05) is 6.08 Å². The lowest BCUT2D eigenvalue weighted by atomic mass is 10.1. The molecule has 72 valence electrons. The van der Waals surface area contributed by atoms with Crippen LogP contribution < -0.4 is 0 Å². The van der Waals surface area contributed by atoms with Gasteiger partial charge >= 0.3 is 0 Å². The zero-order valence-corrected chi connectivity index (χ0v) is 8.92. The number of rotatable bonds is 4. The van der Waals surface area contributed by atoms with Gasteiger partial charge < -0.3 is 0 Å². The first-order valence-corrected chi connectivity index (χ1v) is 4.50. The van der Waals surface area contributed by atoms with Crippen molar-refractivity contribution in [2.45, 2.75) is 34.1 Å². The van der Waals surface area contributed by atoms with Crippen LogP contribution in [-0.4, -0.2) is 5.78 Å². The summed E-state index contributed by atoms with van der Waals surface area (Å²) in [5.74, 6) is 0.0891. The maximum atomic E-state index is 10.6. The molecule has 13 heavy (non-hydrogen) atoms. The molecule has 0 aliphatic heterocycles. The van der Waals surface area contributed by atoms with Gasteiger partial charge in [0, 0.05) is 0 Å². The second-order valence-corrected chi connectivity index (χ2v) is 3.47. The van der Waals surface area contributed by atoms with Crippen molar-refractivity contribution in [2.24, 2.45) is 0 Å². The minimum atomic E-state index is 0.0891. The number of carbonyl (C=O) groups is 1. The third-order valence-electron chi connectivity index (χ3n) is 1.54. The van der Waals surface area contributed by atoms with Crippen molar-refractivity contribution in [1.82, 2.24) is 0 Å². The van der Waals surface area contributed by atoms with Crippen LogP contribution in [0.5, 0.6) is 0 Å². The van der Waals surface area contributed by atoms with E-state index >= 15 is 0 Å². The van der Waals surface area contributed by atoms with Gasteiger partial charge in [0.2, 0.25) is 0 Å². The Balaban J connectivity index is 4.03. The molecular weight excluding hydrogens is 160 g/mol. The highest BCUT2D eigenvalue weighted by Gasteiger charge is 1.84. The number of hydrogen-bond acceptors (Lipinski definition) is 1. The van der Waals surface area contributed by atoms with Gasteiger partial charge in [-0.05, 0) is 40.2 Å². The summed E-state index contributed by atoms with van der Waals surface area (Å²) >= 11 is 0. The summed E-state index contributed by atoms with van der Waals surface area (Å²) in [4.78, 5) is 10.6. The van der Waals surface area contributed by atoms with Gasteiger partial charge in [-0.3, -0.25) is 4.79 Å². The fourth-order valence-electron chi connectivity index (χ4n) is 0.781. The minimum Gasteiger partial charge on any atom is -0.295 e. The molecule has 0 N–H and O–H groups in total. The van der Waals surface area contributed by atoms with E-state index in [0.717, 1.165) is 6.42 Å². The lowest BCUT2D eigenvalue weighted by Gasteiger charge is -1.93. The van der Waals surface area contributed by atoms with Gasteiger partial charge in [0.1, 0.15) is 0 Å². The lowest BCUT2D eigenvalue weighted by molar-refractivity contribution is -0.112. The van der Waals surface area contributed by atoms with Gasteiger partial charge in [-0.15, -0.1) is 0 Å². The third-order valence-corrected chi connectivity index (χ3v) is 1.54. The Hall–Kier alpha value is -1.11. The Labute approximate surface area is 80.8 Å². The second-order valence-electron chi connectivity index (χ2n) is 3.47. The molecule has 0 unspecified atom stereocenters. The minimum absolute atomic E-state index is 0.0891. The molecule has 0 aliphatic rings. The molecule has 0 spiro atoms. The van der Waals surface area contributed by atoms with E-state index in [1.54, 1.807) is 19.1 Å². The summed E-state index contributed by atoms with van der Waals surface area (Å²) in [6.07, 6.45) is 8.49. The summed E-state index contributed by atoms with van der Waals surface area (Å²) in [6.45, 7) is 7.77. The highest BCUT2D eigenvalue weighted by atomic mass is 16.1. The molecule has 1 heteroatoms. The molecule has 0 atom stereocenters. The highest BCUT2D eigenvalue weighted by molar-refractivity contribution is 5.87. The van der Waals surface area contributed by atoms with Crippen LogP contribution in [0.25, 0.3) is 0 Å². The van der Waals surface area contributed by atoms with Crippen molar-refractivity contribution in [3.8, 4) is 0 Å². The zero-order chi connectivity index (χ0) is 10.3. The van der Waals surface area contributed by atoms with Crippen molar-refractivity contribution in [1.29, 1.82) is 0 Å². The lowest BCUT2D eigenvalue weighted by Crippen LogP contribution is -1.79. The van der Waals surface area contributed by atoms with Crippen molar-refractivity contribution < 1.29 is 4.79 Å². The Kier molecular flexibility index (Phi) is 5.86. The maximum absolute atomic E-state index is 10.6. The van der Waals surface area contributed by atoms with Crippen LogP contribution in [0.2, 0.25) is 0 Å².